The molecule has 7 heteroatoms. The summed E-state index contributed by atoms with van der Waals surface area (Å²) in [4.78, 5) is 24.5. The van der Waals surface area contributed by atoms with Crippen molar-refractivity contribution in [2.24, 2.45) is 0 Å². The fourth-order valence-corrected chi connectivity index (χ4v) is 3.04. The monoisotopic (exact) mass is 346 g/mol. The minimum absolute atomic E-state index is 0.122. The number of hydrogen-bond acceptors (Lipinski definition) is 5. The molecule has 1 amide bonds. The highest BCUT2D eigenvalue weighted by Crippen LogP contribution is 2.33. The molecule has 0 aliphatic rings. The van der Waals surface area contributed by atoms with Crippen LogP contribution in [0, 0.1) is 24.1 Å². The molecule has 1 heterocycles. The van der Waals surface area contributed by atoms with Gasteiger partial charge >= 0.3 is 5.97 Å². The van der Waals surface area contributed by atoms with E-state index < -0.39 is 17.7 Å². The number of anilines is 1. The highest BCUT2D eigenvalue weighted by molar-refractivity contribution is 7.18. The number of hydrogen-bond donors (Lipinski definition) is 1. The van der Waals surface area contributed by atoms with Crippen LogP contribution in [-0.2, 0) is 4.74 Å². The molecule has 0 saturated heterocycles. The molecule has 124 valence electrons. The van der Waals surface area contributed by atoms with E-state index in [2.05, 4.69) is 5.32 Å². The Balaban J connectivity index is 2.32. The van der Waals surface area contributed by atoms with Crippen molar-refractivity contribution in [3.05, 3.63) is 51.7 Å². The SMILES string of the molecule is Cc1c(C(=O)OC(C)C)sc(NC(=O)c2cccc(F)c2)c1C#N. The zero-order chi connectivity index (χ0) is 17.9. The van der Waals surface area contributed by atoms with Crippen molar-refractivity contribution in [1.82, 2.24) is 0 Å². The molecule has 0 aliphatic carbocycles. The van der Waals surface area contributed by atoms with Gasteiger partial charge in [-0.15, -0.1) is 11.3 Å². The van der Waals surface area contributed by atoms with Crippen molar-refractivity contribution in [2.45, 2.75) is 26.9 Å². The lowest BCUT2D eigenvalue weighted by molar-refractivity contribution is 0.0383. The first-order valence-corrected chi connectivity index (χ1v) is 7.96. The number of esters is 1. The maximum Gasteiger partial charge on any atom is 0.348 e. The molecule has 0 fully saturated rings. The van der Waals surface area contributed by atoms with Crippen molar-refractivity contribution < 1.29 is 18.7 Å². The summed E-state index contributed by atoms with van der Waals surface area (Å²) >= 11 is 0.965. The van der Waals surface area contributed by atoms with Gasteiger partial charge in [-0.1, -0.05) is 6.07 Å². The molecule has 0 saturated carbocycles. The van der Waals surface area contributed by atoms with E-state index in [1.165, 1.54) is 18.2 Å². The Hall–Kier alpha value is -2.72. The predicted octanol–water partition coefficient (Wildman–Crippen LogP) is 3.88. The lowest BCUT2D eigenvalue weighted by Gasteiger charge is -2.06. The van der Waals surface area contributed by atoms with E-state index in [0.717, 1.165) is 17.4 Å². The fourth-order valence-electron chi connectivity index (χ4n) is 2.00. The molecule has 0 unspecified atom stereocenters. The quantitative estimate of drug-likeness (QED) is 0.852. The first kappa shape index (κ1) is 17.6. The van der Waals surface area contributed by atoms with E-state index in [1.54, 1.807) is 20.8 Å². The maximum absolute atomic E-state index is 13.2. The molecule has 0 bridgehead atoms. The Morgan fingerprint density at radius 3 is 2.67 bits per heavy atom. The number of ether oxygens (including phenoxy) is 1. The third-order valence-corrected chi connectivity index (χ3v) is 4.29. The number of nitrogens with zero attached hydrogens (tertiary/aromatic N) is 1. The van der Waals surface area contributed by atoms with Crippen molar-refractivity contribution >= 4 is 28.2 Å². The van der Waals surface area contributed by atoms with Gasteiger partial charge in [0.1, 0.15) is 21.8 Å². The van der Waals surface area contributed by atoms with Gasteiger partial charge in [0.25, 0.3) is 5.91 Å². The first-order chi connectivity index (χ1) is 11.3. The lowest BCUT2D eigenvalue weighted by Crippen LogP contribution is -2.11. The molecule has 5 nitrogen and oxygen atoms in total. The molecule has 0 spiro atoms. The number of nitrogens with one attached hydrogen (secondary N) is 1. The molecule has 0 atom stereocenters. The van der Waals surface area contributed by atoms with Gasteiger partial charge in [0.05, 0.1) is 11.7 Å². The van der Waals surface area contributed by atoms with Gasteiger partial charge in [-0.05, 0) is 44.5 Å². The van der Waals surface area contributed by atoms with Crippen LogP contribution in [0.1, 0.15) is 45.0 Å². The van der Waals surface area contributed by atoms with Crippen LogP contribution < -0.4 is 5.32 Å². The largest absolute Gasteiger partial charge is 0.459 e. The third-order valence-electron chi connectivity index (χ3n) is 3.10. The number of halogens is 1. The molecule has 0 radical (unpaired) electrons. The Labute approximate surface area is 142 Å². The van der Waals surface area contributed by atoms with Crippen molar-refractivity contribution in [3.8, 4) is 6.07 Å². The molecular formula is C17H15FN2O3S. The van der Waals surface area contributed by atoms with Gasteiger partial charge < -0.3 is 10.1 Å². The zero-order valence-corrected chi connectivity index (χ0v) is 14.2. The highest BCUT2D eigenvalue weighted by Gasteiger charge is 2.23. The number of amides is 1. The summed E-state index contributed by atoms with van der Waals surface area (Å²) < 4.78 is 18.4. The second-order valence-corrected chi connectivity index (χ2v) is 6.31. The van der Waals surface area contributed by atoms with Crippen molar-refractivity contribution in [3.63, 3.8) is 0 Å². The Bertz CT molecular complexity index is 837. The van der Waals surface area contributed by atoms with Crippen molar-refractivity contribution in [2.75, 3.05) is 5.32 Å². The fraction of sp³-hybridized carbons (Fsp3) is 0.235. The smallest absolute Gasteiger partial charge is 0.348 e. The number of carbonyl (C=O) groups excluding carboxylic acids is 2. The standard InChI is InChI=1S/C17H15FN2O3S/c1-9(2)23-17(22)14-10(3)13(8-19)16(24-14)20-15(21)11-5-4-6-12(18)7-11/h4-7,9H,1-3H3,(H,20,21). The number of benzene rings is 1. The Morgan fingerprint density at radius 2 is 2.08 bits per heavy atom. The Morgan fingerprint density at radius 1 is 1.38 bits per heavy atom. The lowest BCUT2D eigenvalue weighted by atomic mass is 10.1. The normalized spacial score (nSPS) is 10.3. The van der Waals surface area contributed by atoms with Gasteiger partial charge in [0.2, 0.25) is 0 Å². The van der Waals surface area contributed by atoms with Crippen LogP contribution in [-0.4, -0.2) is 18.0 Å². The molecule has 1 N–H and O–H groups in total. The Kier molecular flexibility index (Phi) is 5.31. The van der Waals surface area contributed by atoms with Gasteiger partial charge in [-0.25, -0.2) is 9.18 Å². The summed E-state index contributed by atoms with van der Waals surface area (Å²) in [7, 11) is 0. The minimum atomic E-state index is -0.559. The second-order valence-electron chi connectivity index (χ2n) is 5.29. The van der Waals surface area contributed by atoms with E-state index in [-0.39, 0.29) is 27.1 Å². The minimum Gasteiger partial charge on any atom is -0.459 e. The zero-order valence-electron chi connectivity index (χ0n) is 13.3. The van der Waals surface area contributed by atoms with E-state index >= 15 is 0 Å². The van der Waals surface area contributed by atoms with Crippen LogP contribution in [0.15, 0.2) is 24.3 Å². The number of carbonyl (C=O) groups is 2. The van der Waals surface area contributed by atoms with Crippen LogP contribution in [0.2, 0.25) is 0 Å². The summed E-state index contributed by atoms with van der Waals surface area (Å²) in [6.45, 7) is 5.06. The van der Waals surface area contributed by atoms with E-state index in [9.17, 15) is 19.2 Å². The summed E-state index contributed by atoms with van der Waals surface area (Å²) in [6.07, 6.45) is -0.296. The number of rotatable bonds is 4. The van der Waals surface area contributed by atoms with Crippen LogP contribution in [0.25, 0.3) is 0 Å². The highest BCUT2D eigenvalue weighted by atomic mass is 32.1. The first-order valence-electron chi connectivity index (χ1n) is 7.14. The molecule has 1 aromatic carbocycles. The second kappa shape index (κ2) is 7.23. The maximum atomic E-state index is 13.2. The van der Waals surface area contributed by atoms with E-state index in [4.69, 9.17) is 4.74 Å². The van der Waals surface area contributed by atoms with Crippen LogP contribution in [0.3, 0.4) is 0 Å². The average molecular weight is 346 g/mol. The van der Waals surface area contributed by atoms with Gasteiger partial charge in [0.15, 0.2) is 0 Å². The topological polar surface area (TPSA) is 79.2 Å². The summed E-state index contributed by atoms with van der Waals surface area (Å²) in [5, 5.41) is 12.1. The molecule has 2 rings (SSSR count). The number of thiophene rings is 1. The average Bonchev–Trinajstić information content (AvgIpc) is 2.82. The molecular weight excluding hydrogens is 331 g/mol. The van der Waals surface area contributed by atoms with Crippen LogP contribution in [0.5, 0.6) is 0 Å². The number of nitriles is 1. The molecule has 0 aliphatic heterocycles. The van der Waals surface area contributed by atoms with Gasteiger partial charge in [-0.2, -0.15) is 5.26 Å². The van der Waals surface area contributed by atoms with Crippen molar-refractivity contribution in [1.29, 1.82) is 5.26 Å². The van der Waals surface area contributed by atoms with E-state index in [0.29, 0.717) is 5.56 Å². The molecule has 24 heavy (non-hydrogen) atoms. The summed E-state index contributed by atoms with van der Waals surface area (Å²) in [6, 6.07) is 7.17. The molecule has 2 aromatic rings. The van der Waals surface area contributed by atoms with Crippen LogP contribution >= 0.6 is 11.3 Å². The summed E-state index contributed by atoms with van der Waals surface area (Å²) in [5.74, 6) is -1.64. The van der Waals surface area contributed by atoms with Gasteiger partial charge in [-0.3, -0.25) is 4.79 Å². The molecule has 1 aromatic heterocycles. The van der Waals surface area contributed by atoms with Gasteiger partial charge in [0, 0.05) is 5.56 Å². The van der Waals surface area contributed by atoms with E-state index in [1.807, 2.05) is 6.07 Å². The van der Waals surface area contributed by atoms with Crippen LogP contribution in [0.4, 0.5) is 9.39 Å². The third kappa shape index (κ3) is 3.78. The summed E-state index contributed by atoms with van der Waals surface area (Å²) in [5.41, 5.74) is 0.763. The predicted molar refractivity (Wildman–Crippen MR) is 88.7 cm³/mol.